The van der Waals surface area contributed by atoms with Gasteiger partial charge in [0.1, 0.15) is 34.6 Å². The van der Waals surface area contributed by atoms with E-state index in [1.807, 2.05) is 56.3 Å². The van der Waals surface area contributed by atoms with Crippen LogP contribution in [-0.2, 0) is 4.79 Å². The number of nitrogens with zero attached hydrogens (tertiary/aromatic N) is 1. The molecule has 3 aromatic rings. The first-order chi connectivity index (χ1) is 16.4. The molecule has 1 aliphatic rings. The predicted octanol–water partition coefficient (Wildman–Crippen LogP) is 4.51. The molecule has 1 aliphatic heterocycles. The molecule has 0 aliphatic carbocycles. The average molecular weight is 456 g/mol. The Morgan fingerprint density at radius 3 is 2.50 bits per heavy atom. The summed E-state index contributed by atoms with van der Waals surface area (Å²) >= 11 is 0. The predicted molar refractivity (Wildman–Crippen MR) is 126 cm³/mol. The first-order valence-corrected chi connectivity index (χ1v) is 10.7. The molecule has 0 amide bonds. The van der Waals surface area contributed by atoms with Gasteiger partial charge >= 0.3 is 5.97 Å². The molecule has 1 unspecified atom stereocenters. The number of hydrogen-bond donors (Lipinski definition) is 1. The number of para-hydroxylation sites is 2. The molecule has 0 fully saturated rings. The van der Waals surface area contributed by atoms with Gasteiger partial charge < -0.3 is 24.7 Å². The van der Waals surface area contributed by atoms with Gasteiger partial charge in [-0.2, -0.15) is 5.26 Å². The number of hydrogen-bond acceptors (Lipinski definition) is 7. The lowest BCUT2D eigenvalue weighted by atomic mass is 9.83. The van der Waals surface area contributed by atoms with Crippen molar-refractivity contribution in [2.24, 2.45) is 5.73 Å². The van der Waals surface area contributed by atoms with Crippen LogP contribution in [0.25, 0.3) is 0 Å². The third kappa shape index (κ3) is 4.39. The van der Waals surface area contributed by atoms with E-state index in [1.165, 1.54) is 0 Å². The molecule has 0 radical (unpaired) electrons. The highest BCUT2D eigenvalue weighted by Crippen LogP contribution is 2.45. The van der Waals surface area contributed by atoms with Crippen LogP contribution in [-0.4, -0.2) is 19.7 Å². The lowest BCUT2D eigenvalue weighted by Gasteiger charge is -2.27. The molecule has 2 N–H and O–H groups in total. The van der Waals surface area contributed by atoms with Crippen LogP contribution in [0, 0.1) is 25.2 Å². The quantitative estimate of drug-likeness (QED) is 0.430. The van der Waals surface area contributed by atoms with E-state index >= 15 is 0 Å². The van der Waals surface area contributed by atoms with Gasteiger partial charge in [-0.15, -0.1) is 0 Å². The molecule has 1 atom stereocenters. The van der Waals surface area contributed by atoms with Gasteiger partial charge in [0.15, 0.2) is 6.61 Å². The van der Waals surface area contributed by atoms with Crippen LogP contribution in [0.3, 0.4) is 0 Å². The minimum Gasteiger partial charge on any atom is -0.496 e. The monoisotopic (exact) mass is 456 g/mol. The van der Waals surface area contributed by atoms with Crippen molar-refractivity contribution in [3.63, 3.8) is 0 Å². The Morgan fingerprint density at radius 2 is 1.79 bits per heavy atom. The maximum Gasteiger partial charge on any atom is 0.349 e. The van der Waals surface area contributed by atoms with Crippen LogP contribution in [0.15, 0.2) is 72.1 Å². The first kappa shape index (κ1) is 22.7. The van der Waals surface area contributed by atoms with Crippen molar-refractivity contribution < 1.29 is 23.7 Å². The maximum atomic E-state index is 12.4. The fourth-order valence-corrected chi connectivity index (χ4v) is 4.04. The number of carbonyl (C=O) groups is 1. The second kappa shape index (κ2) is 9.59. The summed E-state index contributed by atoms with van der Waals surface area (Å²) in [7, 11) is 1.57. The number of rotatable bonds is 6. The molecule has 0 saturated carbocycles. The van der Waals surface area contributed by atoms with Crippen molar-refractivity contribution in [2.45, 2.75) is 19.8 Å². The second-order valence-corrected chi connectivity index (χ2v) is 7.85. The van der Waals surface area contributed by atoms with E-state index in [9.17, 15) is 10.1 Å². The van der Waals surface area contributed by atoms with Gasteiger partial charge in [-0.3, -0.25) is 0 Å². The largest absolute Gasteiger partial charge is 0.496 e. The van der Waals surface area contributed by atoms with Gasteiger partial charge in [0.05, 0.1) is 13.0 Å². The Balaban J connectivity index is 1.58. The number of nitriles is 1. The summed E-state index contributed by atoms with van der Waals surface area (Å²) in [5.41, 5.74) is 9.73. The molecule has 4 rings (SSSR count). The van der Waals surface area contributed by atoms with E-state index in [4.69, 9.17) is 24.7 Å². The van der Waals surface area contributed by atoms with Crippen LogP contribution in [0.1, 0.15) is 28.2 Å². The van der Waals surface area contributed by atoms with E-state index in [1.54, 1.807) is 25.3 Å². The topological polar surface area (TPSA) is 104 Å². The van der Waals surface area contributed by atoms with E-state index in [0.29, 0.717) is 22.8 Å². The van der Waals surface area contributed by atoms with E-state index < -0.39 is 11.9 Å². The molecule has 3 aromatic carbocycles. The van der Waals surface area contributed by atoms with Crippen molar-refractivity contribution in [2.75, 3.05) is 13.7 Å². The Morgan fingerprint density at radius 1 is 1.06 bits per heavy atom. The minimum atomic E-state index is -0.555. The zero-order valence-electron chi connectivity index (χ0n) is 19.1. The van der Waals surface area contributed by atoms with Crippen LogP contribution >= 0.6 is 0 Å². The number of allylic oxidation sites excluding steroid dienone is 1. The molecule has 7 heteroatoms. The second-order valence-electron chi connectivity index (χ2n) is 7.85. The molecule has 172 valence electrons. The standard InChI is InChI=1S/C27H24N2O5/c1-16-7-6-8-17(2)26(16)32-15-24(30)33-18-11-12-20-23(13-18)34-27(29)21(14-28)25(20)19-9-4-5-10-22(19)31-3/h4-13,25H,15,29H2,1-3H3. The zero-order valence-corrected chi connectivity index (χ0v) is 19.1. The Kier molecular flexibility index (Phi) is 6.42. The van der Waals surface area contributed by atoms with Gasteiger partial charge in [-0.05, 0) is 37.1 Å². The number of methoxy groups -OCH3 is 1. The number of nitrogens with two attached hydrogens (primary N) is 1. The Labute approximate surface area is 197 Å². The molecular weight excluding hydrogens is 432 g/mol. The highest BCUT2D eigenvalue weighted by Gasteiger charge is 2.32. The van der Waals surface area contributed by atoms with E-state index in [0.717, 1.165) is 16.7 Å². The third-order valence-electron chi connectivity index (χ3n) is 5.62. The van der Waals surface area contributed by atoms with Gasteiger partial charge in [0.25, 0.3) is 0 Å². The molecule has 0 bridgehead atoms. The third-order valence-corrected chi connectivity index (χ3v) is 5.62. The minimum absolute atomic E-state index is 0.00672. The van der Waals surface area contributed by atoms with Crippen molar-refractivity contribution in [1.82, 2.24) is 0 Å². The number of aryl methyl sites for hydroxylation is 2. The van der Waals surface area contributed by atoms with Crippen LogP contribution < -0.4 is 24.7 Å². The van der Waals surface area contributed by atoms with Crippen molar-refractivity contribution in [3.05, 3.63) is 94.4 Å². The number of fused-ring (bicyclic) bond motifs is 1. The van der Waals surface area contributed by atoms with Gasteiger partial charge in [-0.1, -0.05) is 42.5 Å². The van der Waals surface area contributed by atoms with Crippen LogP contribution in [0.4, 0.5) is 0 Å². The SMILES string of the molecule is COc1ccccc1C1C(C#N)=C(N)Oc2cc(OC(=O)COc3c(C)cccc3C)ccc21. The lowest BCUT2D eigenvalue weighted by Crippen LogP contribution is -2.22. The number of esters is 1. The summed E-state index contributed by atoms with van der Waals surface area (Å²) in [6.07, 6.45) is 0. The summed E-state index contributed by atoms with van der Waals surface area (Å²) < 4.78 is 22.4. The molecule has 1 heterocycles. The molecule has 0 spiro atoms. The molecule has 34 heavy (non-hydrogen) atoms. The van der Waals surface area contributed by atoms with Crippen LogP contribution in [0.2, 0.25) is 0 Å². The highest BCUT2D eigenvalue weighted by molar-refractivity contribution is 5.74. The molecule has 0 saturated heterocycles. The number of ether oxygens (including phenoxy) is 4. The smallest absolute Gasteiger partial charge is 0.349 e. The van der Waals surface area contributed by atoms with E-state index in [-0.39, 0.29) is 23.8 Å². The summed E-state index contributed by atoms with van der Waals surface area (Å²) in [5.74, 6) is 0.916. The van der Waals surface area contributed by atoms with E-state index in [2.05, 4.69) is 6.07 Å². The summed E-state index contributed by atoms with van der Waals surface area (Å²) in [4.78, 5) is 12.4. The molecular formula is C27H24N2O5. The zero-order chi connectivity index (χ0) is 24.2. The van der Waals surface area contributed by atoms with Gasteiger partial charge in [0, 0.05) is 17.2 Å². The number of carbonyl (C=O) groups excluding carboxylic acids is 1. The Hall–Kier alpha value is -4.44. The van der Waals surface area contributed by atoms with Crippen LogP contribution in [0.5, 0.6) is 23.0 Å². The fourth-order valence-electron chi connectivity index (χ4n) is 4.04. The molecule has 7 nitrogen and oxygen atoms in total. The summed E-state index contributed by atoms with van der Waals surface area (Å²) in [5, 5.41) is 9.76. The van der Waals surface area contributed by atoms with Crippen molar-refractivity contribution >= 4 is 5.97 Å². The highest BCUT2D eigenvalue weighted by atomic mass is 16.6. The summed E-state index contributed by atoms with van der Waals surface area (Å²) in [6, 6.07) is 20.3. The normalized spacial score (nSPS) is 14.5. The average Bonchev–Trinajstić information content (AvgIpc) is 2.82. The number of benzene rings is 3. The van der Waals surface area contributed by atoms with Crippen molar-refractivity contribution in [3.8, 4) is 29.1 Å². The van der Waals surface area contributed by atoms with Gasteiger partial charge in [0.2, 0.25) is 5.88 Å². The fraction of sp³-hybridized carbons (Fsp3) is 0.185. The Bertz CT molecular complexity index is 1300. The first-order valence-electron chi connectivity index (χ1n) is 10.7. The van der Waals surface area contributed by atoms with Gasteiger partial charge in [-0.25, -0.2) is 4.79 Å². The van der Waals surface area contributed by atoms with Crippen molar-refractivity contribution in [1.29, 1.82) is 5.26 Å². The maximum absolute atomic E-state index is 12.4. The summed E-state index contributed by atoms with van der Waals surface area (Å²) in [6.45, 7) is 3.59. The molecule has 0 aromatic heterocycles. The lowest BCUT2D eigenvalue weighted by molar-refractivity contribution is -0.136.